The summed E-state index contributed by atoms with van der Waals surface area (Å²) >= 11 is 5.72. The Balaban J connectivity index is 2.19. The van der Waals surface area contributed by atoms with Crippen molar-refractivity contribution in [3.63, 3.8) is 0 Å². The lowest BCUT2D eigenvalue weighted by Crippen LogP contribution is -2.23. The Morgan fingerprint density at radius 1 is 1.25 bits per heavy atom. The fraction of sp³-hybridized carbons (Fsp3) is 0.211. The number of amides is 1. The zero-order chi connectivity index (χ0) is 20.9. The lowest BCUT2D eigenvalue weighted by atomic mass is 10.1. The number of carbonyl (C=O) groups is 2. The van der Waals surface area contributed by atoms with E-state index in [9.17, 15) is 19.7 Å². The Morgan fingerprint density at radius 3 is 2.54 bits per heavy atom. The summed E-state index contributed by atoms with van der Waals surface area (Å²) in [5, 5.41) is 14.3. The molecule has 0 fully saturated rings. The summed E-state index contributed by atoms with van der Waals surface area (Å²) in [4.78, 5) is 38.7. The van der Waals surface area contributed by atoms with Gasteiger partial charge in [0, 0.05) is 18.3 Å². The van der Waals surface area contributed by atoms with Gasteiger partial charge in [0.1, 0.15) is 11.4 Å². The van der Waals surface area contributed by atoms with Gasteiger partial charge in [-0.1, -0.05) is 11.6 Å². The molecule has 0 spiro atoms. The van der Waals surface area contributed by atoms with Crippen LogP contribution in [0.2, 0.25) is 5.02 Å². The maximum atomic E-state index is 12.1. The van der Waals surface area contributed by atoms with Crippen LogP contribution < -0.4 is 5.32 Å². The van der Waals surface area contributed by atoms with Crippen LogP contribution in [0.4, 0.5) is 11.5 Å². The molecular weight excluding hydrogens is 386 g/mol. The molecule has 1 amide bonds. The largest absolute Gasteiger partial charge is 0.456 e. The van der Waals surface area contributed by atoms with Gasteiger partial charge in [0.2, 0.25) is 5.91 Å². The Kier molecular flexibility index (Phi) is 6.48. The van der Waals surface area contributed by atoms with E-state index in [1.54, 1.807) is 26.8 Å². The van der Waals surface area contributed by atoms with Crippen molar-refractivity contribution < 1.29 is 19.2 Å². The SMILES string of the molecule is CC(C)(C)OC(=O)c1ccc(/C=C/C(=O)Nc2ccc(Cl)cn2)c([N+](=O)[O-])c1. The maximum Gasteiger partial charge on any atom is 0.338 e. The first kappa shape index (κ1) is 21.0. The molecule has 2 aromatic rings. The van der Waals surface area contributed by atoms with E-state index in [0.717, 1.165) is 12.1 Å². The summed E-state index contributed by atoms with van der Waals surface area (Å²) in [5.41, 5.74) is -0.833. The summed E-state index contributed by atoms with van der Waals surface area (Å²) in [6, 6.07) is 6.98. The van der Waals surface area contributed by atoms with Gasteiger partial charge < -0.3 is 10.1 Å². The summed E-state index contributed by atoms with van der Waals surface area (Å²) in [5.74, 6) is -0.910. The molecule has 0 radical (unpaired) electrons. The van der Waals surface area contributed by atoms with Gasteiger partial charge in [-0.2, -0.15) is 0 Å². The molecule has 8 nitrogen and oxygen atoms in total. The predicted octanol–water partition coefficient (Wildman–Crippen LogP) is 4.25. The first-order valence-corrected chi connectivity index (χ1v) is 8.55. The standard InChI is InChI=1S/C19H18ClN3O5/c1-19(2,3)28-18(25)13-5-4-12(15(10-13)23(26)27)6-9-17(24)22-16-8-7-14(20)11-21-16/h4-11H,1-3H3,(H,21,22,24)/b9-6+. The Bertz CT molecular complexity index is 934. The third-order valence-electron chi connectivity index (χ3n) is 3.25. The topological polar surface area (TPSA) is 111 Å². The lowest BCUT2D eigenvalue weighted by Gasteiger charge is -2.19. The molecule has 0 aliphatic rings. The van der Waals surface area contributed by atoms with E-state index >= 15 is 0 Å². The third kappa shape index (κ3) is 6.17. The number of ether oxygens (including phenoxy) is 1. The molecule has 0 aliphatic heterocycles. The van der Waals surface area contributed by atoms with Crippen LogP contribution in [0.25, 0.3) is 6.08 Å². The van der Waals surface area contributed by atoms with Gasteiger partial charge in [0.25, 0.3) is 5.69 Å². The van der Waals surface area contributed by atoms with Gasteiger partial charge in [-0.05, 0) is 51.1 Å². The van der Waals surface area contributed by atoms with E-state index in [0.29, 0.717) is 5.02 Å². The first-order valence-electron chi connectivity index (χ1n) is 8.17. The summed E-state index contributed by atoms with van der Waals surface area (Å²) in [6.07, 6.45) is 3.79. The van der Waals surface area contributed by atoms with Crippen molar-refractivity contribution in [3.8, 4) is 0 Å². The molecule has 0 unspecified atom stereocenters. The zero-order valence-electron chi connectivity index (χ0n) is 15.4. The van der Waals surface area contributed by atoms with Crippen LogP contribution in [0.3, 0.4) is 0 Å². The van der Waals surface area contributed by atoms with Crippen LogP contribution in [-0.2, 0) is 9.53 Å². The van der Waals surface area contributed by atoms with Gasteiger partial charge >= 0.3 is 5.97 Å². The number of benzene rings is 1. The third-order valence-corrected chi connectivity index (χ3v) is 3.48. The van der Waals surface area contributed by atoms with Crippen molar-refractivity contribution >= 4 is 41.1 Å². The van der Waals surface area contributed by atoms with Crippen molar-refractivity contribution in [2.75, 3.05) is 5.32 Å². The van der Waals surface area contributed by atoms with Crippen LogP contribution in [-0.4, -0.2) is 27.4 Å². The number of hydrogen-bond acceptors (Lipinski definition) is 6. The minimum absolute atomic E-state index is 0.0496. The maximum absolute atomic E-state index is 12.1. The van der Waals surface area contributed by atoms with E-state index in [2.05, 4.69) is 10.3 Å². The number of esters is 1. The van der Waals surface area contributed by atoms with E-state index in [1.807, 2.05) is 0 Å². The predicted molar refractivity (Wildman–Crippen MR) is 105 cm³/mol. The van der Waals surface area contributed by atoms with E-state index in [-0.39, 0.29) is 22.6 Å². The number of halogens is 1. The Morgan fingerprint density at radius 2 is 1.96 bits per heavy atom. The van der Waals surface area contributed by atoms with Gasteiger partial charge in [0.05, 0.1) is 21.1 Å². The molecule has 2 rings (SSSR count). The van der Waals surface area contributed by atoms with Crippen molar-refractivity contribution in [2.24, 2.45) is 0 Å². The molecular formula is C19H18ClN3O5. The lowest BCUT2D eigenvalue weighted by molar-refractivity contribution is -0.385. The Hall–Kier alpha value is -3.26. The van der Waals surface area contributed by atoms with E-state index in [4.69, 9.17) is 16.3 Å². The molecule has 9 heteroatoms. The van der Waals surface area contributed by atoms with Crippen molar-refractivity contribution in [3.05, 3.63) is 68.9 Å². The van der Waals surface area contributed by atoms with Crippen molar-refractivity contribution in [1.82, 2.24) is 4.98 Å². The molecule has 0 atom stereocenters. The number of nitrogens with zero attached hydrogens (tertiary/aromatic N) is 2. The van der Waals surface area contributed by atoms with Gasteiger partial charge in [-0.3, -0.25) is 14.9 Å². The number of nitrogens with one attached hydrogen (secondary N) is 1. The molecule has 1 N–H and O–H groups in total. The molecule has 146 valence electrons. The quantitative estimate of drug-likeness (QED) is 0.345. The highest BCUT2D eigenvalue weighted by Crippen LogP contribution is 2.23. The number of anilines is 1. The first-order chi connectivity index (χ1) is 13.0. The van der Waals surface area contributed by atoms with Crippen molar-refractivity contribution in [2.45, 2.75) is 26.4 Å². The Labute approximate surface area is 166 Å². The fourth-order valence-electron chi connectivity index (χ4n) is 2.09. The number of nitro benzene ring substituents is 1. The monoisotopic (exact) mass is 403 g/mol. The fourth-order valence-corrected chi connectivity index (χ4v) is 2.20. The van der Waals surface area contributed by atoms with E-state index in [1.165, 1.54) is 30.5 Å². The smallest absolute Gasteiger partial charge is 0.338 e. The molecule has 1 heterocycles. The second-order valence-electron chi connectivity index (χ2n) is 6.72. The number of pyridine rings is 1. The van der Waals surface area contributed by atoms with Crippen LogP contribution >= 0.6 is 11.6 Å². The average Bonchev–Trinajstić information content (AvgIpc) is 2.60. The summed E-state index contributed by atoms with van der Waals surface area (Å²) in [6.45, 7) is 5.10. The highest BCUT2D eigenvalue weighted by molar-refractivity contribution is 6.30. The second-order valence-corrected chi connectivity index (χ2v) is 7.15. The van der Waals surface area contributed by atoms with Gasteiger partial charge in [-0.25, -0.2) is 9.78 Å². The molecule has 28 heavy (non-hydrogen) atoms. The molecule has 1 aromatic heterocycles. The number of nitro groups is 1. The average molecular weight is 404 g/mol. The second kappa shape index (κ2) is 8.62. The van der Waals surface area contributed by atoms with Crippen LogP contribution in [0, 0.1) is 10.1 Å². The van der Waals surface area contributed by atoms with Crippen LogP contribution in [0.1, 0.15) is 36.7 Å². The van der Waals surface area contributed by atoms with E-state index < -0.39 is 22.4 Å². The number of aromatic nitrogens is 1. The van der Waals surface area contributed by atoms with Gasteiger partial charge in [-0.15, -0.1) is 0 Å². The summed E-state index contributed by atoms with van der Waals surface area (Å²) < 4.78 is 5.21. The summed E-state index contributed by atoms with van der Waals surface area (Å²) in [7, 11) is 0. The molecule has 0 saturated carbocycles. The van der Waals surface area contributed by atoms with Crippen molar-refractivity contribution in [1.29, 1.82) is 0 Å². The normalized spacial score (nSPS) is 11.3. The minimum atomic E-state index is -0.724. The molecule has 0 aliphatic carbocycles. The molecule has 0 saturated heterocycles. The number of rotatable bonds is 5. The molecule has 1 aromatic carbocycles. The minimum Gasteiger partial charge on any atom is -0.456 e. The van der Waals surface area contributed by atoms with Crippen LogP contribution in [0.15, 0.2) is 42.6 Å². The molecule has 0 bridgehead atoms. The van der Waals surface area contributed by atoms with Crippen LogP contribution in [0.5, 0.6) is 0 Å². The number of hydrogen-bond donors (Lipinski definition) is 1. The highest BCUT2D eigenvalue weighted by atomic mass is 35.5. The zero-order valence-corrected chi connectivity index (χ0v) is 16.2. The van der Waals surface area contributed by atoms with Gasteiger partial charge in [0.15, 0.2) is 0 Å². The number of carbonyl (C=O) groups excluding carboxylic acids is 2. The highest BCUT2D eigenvalue weighted by Gasteiger charge is 2.21.